The van der Waals surface area contributed by atoms with Crippen molar-refractivity contribution in [1.29, 1.82) is 0 Å². The molecule has 0 N–H and O–H groups in total. The maximum absolute atomic E-state index is 11.4. The minimum Gasteiger partial charge on any atom is -0.871 e. The van der Waals surface area contributed by atoms with Crippen LogP contribution in [0, 0.1) is 0 Å². The number of alkyl halides is 2. The number of hydrogen-bond acceptors (Lipinski definition) is 7. The van der Waals surface area contributed by atoms with Crippen molar-refractivity contribution in [3.63, 3.8) is 0 Å². The van der Waals surface area contributed by atoms with Crippen molar-refractivity contribution in [1.82, 2.24) is 0 Å². The molecule has 0 unspecified atom stereocenters. The first-order valence-corrected chi connectivity index (χ1v) is 19.1. The van der Waals surface area contributed by atoms with Crippen LogP contribution in [0.2, 0.25) is 0 Å². The average molecular weight is 834 g/mol. The number of rotatable bonds is 16. The lowest BCUT2D eigenvalue weighted by molar-refractivity contribution is -0.891. The first kappa shape index (κ1) is 42.2. The molecule has 5 rings (SSSR count). The first-order valence-electron chi connectivity index (χ1n) is 16.9. The van der Waals surface area contributed by atoms with Gasteiger partial charge in [0, 0.05) is 45.7 Å². The fourth-order valence-electron chi connectivity index (χ4n) is 5.55. The molecule has 0 aliphatic rings. The lowest BCUT2D eigenvalue weighted by atomic mass is 9.67. The lowest BCUT2D eigenvalue weighted by Gasteiger charge is -2.37. The van der Waals surface area contributed by atoms with E-state index < -0.39 is 7.32 Å². The van der Waals surface area contributed by atoms with Crippen molar-refractivity contribution in [3.05, 3.63) is 168 Å². The monoisotopic (exact) mass is 832 g/mol. The molecule has 2 heterocycles. The number of carbonyl (C=O) groups is 2. The van der Waals surface area contributed by atoms with Crippen LogP contribution >= 0.6 is 31.9 Å². The lowest BCUT2D eigenvalue weighted by Crippen LogP contribution is -2.48. The molecular weight excluding hydrogens is 791 g/mol. The molecule has 0 amide bonds. The summed E-state index contributed by atoms with van der Waals surface area (Å²) in [5.74, 6) is 0.0168. The highest BCUT2D eigenvalue weighted by Gasteiger charge is 2.35. The number of carbonyl (C=O) groups excluding carboxylic acids is 2. The minimum atomic E-state index is -2.23. The highest BCUT2D eigenvalue weighted by molar-refractivity contribution is 9.09. The molecule has 52 heavy (non-hydrogen) atoms. The van der Waals surface area contributed by atoms with Crippen molar-refractivity contribution in [2.75, 3.05) is 30.5 Å². The second kappa shape index (κ2) is 23.4. The zero-order valence-electron chi connectivity index (χ0n) is 29.3. The number of halogens is 2. The molecule has 0 atom stereocenters. The van der Waals surface area contributed by atoms with Crippen molar-refractivity contribution >= 4 is 50.7 Å². The van der Waals surface area contributed by atoms with Crippen LogP contribution in [0.15, 0.2) is 140 Å². The maximum atomic E-state index is 11.4. The van der Waals surface area contributed by atoms with E-state index in [4.69, 9.17) is 14.3 Å². The van der Waals surface area contributed by atoms with E-state index in [9.17, 15) is 19.6 Å². The van der Waals surface area contributed by atoms with E-state index in [1.54, 1.807) is 24.5 Å². The summed E-state index contributed by atoms with van der Waals surface area (Å²) in [6.45, 7) is 4.99. The quantitative estimate of drug-likeness (QED) is 0.0359. The molecule has 0 aliphatic heterocycles. The molecule has 0 saturated heterocycles. The fraction of sp³-hybridized carbons (Fsp3) is 0.250. The summed E-state index contributed by atoms with van der Waals surface area (Å²) in [6.07, 6.45) is 4.79. The van der Waals surface area contributed by atoms with Gasteiger partial charge in [-0.2, -0.15) is 0 Å². The Bertz CT molecular complexity index is 1610. The van der Waals surface area contributed by atoms with E-state index in [0.717, 1.165) is 6.42 Å². The third-order valence-electron chi connectivity index (χ3n) is 7.75. The Morgan fingerprint density at radius 1 is 0.615 bits per heavy atom. The van der Waals surface area contributed by atoms with E-state index >= 15 is 0 Å². The van der Waals surface area contributed by atoms with Gasteiger partial charge >= 0.3 is 11.4 Å². The van der Waals surface area contributed by atoms with Gasteiger partial charge in [-0.15, -0.1) is 0 Å². The van der Waals surface area contributed by atoms with E-state index in [1.807, 2.05) is 92.7 Å². The summed E-state index contributed by atoms with van der Waals surface area (Å²) < 4.78 is 7.71. The molecule has 0 bridgehead atoms. The standard InChI is InChI=1S/C22H21BO3.2C9H11BrNO2/c24-23(25)26-18-10-17-22(19-11-4-1-5-12-19,20-13-6-2-7-14-20)21-15-8-3-9-16-21;2*1-2-13-11-6-4-3-5-8(11)9(12)7-10/h1-9,11-16H,10,17-18H2;2*3-6H,2,7H2,1H3/q-2;2*+1. The second-order valence-electron chi connectivity index (χ2n) is 11.0. The second-order valence-corrected chi connectivity index (χ2v) is 12.2. The molecule has 0 fully saturated rings. The van der Waals surface area contributed by atoms with Crippen LogP contribution in [0.5, 0.6) is 0 Å². The van der Waals surface area contributed by atoms with Crippen LogP contribution in [0.1, 0.15) is 64.4 Å². The van der Waals surface area contributed by atoms with E-state index in [1.165, 1.54) is 26.2 Å². The summed E-state index contributed by atoms with van der Waals surface area (Å²) >= 11 is 6.24. The Labute approximate surface area is 323 Å². The molecule has 272 valence electrons. The normalized spacial score (nSPS) is 10.5. The van der Waals surface area contributed by atoms with Gasteiger partial charge in [-0.1, -0.05) is 123 Å². The van der Waals surface area contributed by atoms with Gasteiger partial charge in [0.05, 0.1) is 18.0 Å². The largest absolute Gasteiger partial charge is 0.871 e. The Hall–Kier alpha value is -4.20. The average Bonchev–Trinajstić information content (AvgIpc) is 3.19. The Balaban J connectivity index is 0.000000235. The number of benzene rings is 3. The van der Waals surface area contributed by atoms with Crippen molar-refractivity contribution in [3.8, 4) is 0 Å². The molecule has 0 spiro atoms. The maximum Gasteiger partial charge on any atom is 0.300 e. The predicted octanol–water partition coefficient (Wildman–Crippen LogP) is 4.52. The molecule has 0 radical (unpaired) electrons. The summed E-state index contributed by atoms with van der Waals surface area (Å²) in [7, 11) is -2.23. The number of ketones is 2. The van der Waals surface area contributed by atoms with Crippen molar-refractivity contribution in [2.45, 2.75) is 32.1 Å². The van der Waals surface area contributed by atoms with Crippen molar-refractivity contribution < 1.29 is 43.4 Å². The highest BCUT2D eigenvalue weighted by atomic mass is 79.9. The number of Topliss-reactive ketones (excluding diaryl/α,β-unsaturated/α-hetero) is 2. The minimum absolute atomic E-state index is 0.00838. The van der Waals surface area contributed by atoms with Crippen LogP contribution in [0.3, 0.4) is 0 Å². The Morgan fingerprint density at radius 2 is 0.981 bits per heavy atom. The smallest absolute Gasteiger partial charge is 0.300 e. The molecule has 0 aliphatic carbocycles. The number of aromatic nitrogens is 2. The number of pyridine rings is 2. The van der Waals surface area contributed by atoms with Crippen LogP contribution < -0.4 is 29.2 Å². The van der Waals surface area contributed by atoms with Crippen LogP contribution in [-0.2, 0) is 10.1 Å². The summed E-state index contributed by atoms with van der Waals surface area (Å²) in [5, 5.41) is 22.0. The van der Waals surface area contributed by atoms with Gasteiger partial charge in [0.2, 0.25) is 24.0 Å². The number of nitrogens with zero attached hydrogens (tertiary/aromatic N) is 2. The molecule has 12 heteroatoms. The fourth-order valence-corrected chi connectivity index (χ4v) is 6.12. The molecule has 2 aromatic heterocycles. The van der Waals surface area contributed by atoms with Gasteiger partial charge in [0.1, 0.15) is 0 Å². The summed E-state index contributed by atoms with van der Waals surface area (Å²) in [5.41, 5.74) is 4.28. The topological polar surface area (TPSA) is 116 Å². The van der Waals surface area contributed by atoms with E-state index in [0.29, 0.717) is 41.7 Å². The van der Waals surface area contributed by atoms with Gasteiger partial charge in [-0.3, -0.25) is 19.3 Å². The van der Waals surface area contributed by atoms with Gasteiger partial charge in [0.15, 0.2) is 13.2 Å². The zero-order valence-corrected chi connectivity index (χ0v) is 32.5. The Kier molecular flexibility index (Phi) is 19.0. The molecule has 5 aromatic rings. The van der Waals surface area contributed by atoms with E-state index in [-0.39, 0.29) is 23.6 Å². The predicted molar refractivity (Wildman–Crippen MR) is 204 cm³/mol. The number of hydrogen-bond donors (Lipinski definition) is 0. The molecule has 3 aromatic carbocycles. The third kappa shape index (κ3) is 12.5. The molecular formula is C40H43BBr2N2O7. The van der Waals surface area contributed by atoms with Gasteiger partial charge in [0.25, 0.3) is 0 Å². The van der Waals surface area contributed by atoms with Gasteiger partial charge < -0.3 is 14.7 Å². The molecule has 9 nitrogen and oxygen atoms in total. The summed E-state index contributed by atoms with van der Waals surface area (Å²) in [6, 6.07) is 41.8. The van der Waals surface area contributed by atoms with E-state index in [2.05, 4.69) is 68.3 Å². The highest BCUT2D eigenvalue weighted by Crippen LogP contribution is 2.42. The third-order valence-corrected chi connectivity index (χ3v) is 8.77. The van der Waals surface area contributed by atoms with Gasteiger partial charge in [-0.25, -0.2) is 0 Å². The van der Waals surface area contributed by atoms with Crippen molar-refractivity contribution in [2.24, 2.45) is 0 Å². The van der Waals surface area contributed by atoms with Gasteiger partial charge in [-0.05, 0) is 55.5 Å². The SMILES string of the molecule is CCO[n+]1ccccc1C(=O)CBr.CCO[n+]1ccccc1C(=O)CBr.[O-]B([O-])OCCCC(c1ccccc1)(c1ccccc1)c1ccccc1. The van der Waals surface area contributed by atoms with Crippen LogP contribution in [-0.4, -0.2) is 49.4 Å². The summed E-state index contributed by atoms with van der Waals surface area (Å²) in [4.78, 5) is 33.2. The van der Waals surface area contributed by atoms with Crippen LogP contribution in [0.25, 0.3) is 0 Å². The van der Waals surface area contributed by atoms with Crippen LogP contribution in [0.4, 0.5) is 0 Å². The Morgan fingerprint density at radius 3 is 1.31 bits per heavy atom. The first-order chi connectivity index (χ1) is 25.3. The molecule has 0 saturated carbocycles. The zero-order chi connectivity index (χ0) is 37.6.